The molecule has 28 heavy (non-hydrogen) atoms. The molecule has 0 amide bonds. The average Bonchev–Trinajstić information content (AvgIpc) is 2.66. The lowest BCUT2D eigenvalue weighted by molar-refractivity contribution is -0.132. The van der Waals surface area contributed by atoms with Crippen molar-refractivity contribution in [2.45, 2.75) is 40.5 Å². The normalized spacial score (nSPS) is 11.9. The third-order valence-corrected chi connectivity index (χ3v) is 4.48. The Morgan fingerprint density at radius 3 is 2.54 bits per heavy atom. The molecule has 0 radical (unpaired) electrons. The first-order chi connectivity index (χ1) is 13.3. The summed E-state index contributed by atoms with van der Waals surface area (Å²) in [5, 5.41) is 12.7. The maximum absolute atomic E-state index is 12.4. The highest BCUT2D eigenvalue weighted by Gasteiger charge is 2.17. The van der Waals surface area contributed by atoms with Gasteiger partial charge in [-0.2, -0.15) is 0 Å². The van der Waals surface area contributed by atoms with E-state index in [1.807, 2.05) is 6.92 Å². The molecule has 7 heteroatoms. The smallest absolute Gasteiger partial charge is 0.374 e. The van der Waals surface area contributed by atoms with Gasteiger partial charge in [-0.05, 0) is 44.9 Å². The van der Waals surface area contributed by atoms with Gasteiger partial charge in [0.15, 0.2) is 5.43 Å². The summed E-state index contributed by atoms with van der Waals surface area (Å²) in [5.74, 6) is -1.78. The van der Waals surface area contributed by atoms with E-state index in [2.05, 4.69) is 5.32 Å². The number of nitrogens with one attached hydrogen (secondary N) is 1. The second-order valence-corrected chi connectivity index (χ2v) is 6.48. The average molecular weight is 387 g/mol. The fourth-order valence-corrected chi connectivity index (χ4v) is 2.78. The molecule has 0 fully saturated rings. The van der Waals surface area contributed by atoms with Crippen LogP contribution in [0.2, 0.25) is 0 Å². The lowest BCUT2D eigenvalue weighted by atomic mass is 10.0. The second kappa shape index (κ2) is 9.21. The van der Waals surface area contributed by atoms with E-state index in [1.165, 1.54) is 0 Å². The number of benzene rings is 1. The van der Waals surface area contributed by atoms with Gasteiger partial charge in [0.05, 0.1) is 12.0 Å². The van der Waals surface area contributed by atoms with Gasteiger partial charge in [0.25, 0.3) is 0 Å². The Kier molecular flexibility index (Phi) is 6.98. The molecule has 0 saturated carbocycles. The van der Waals surface area contributed by atoms with Crippen molar-refractivity contribution in [3.63, 3.8) is 0 Å². The fourth-order valence-electron chi connectivity index (χ4n) is 2.78. The number of anilines is 1. The zero-order valence-corrected chi connectivity index (χ0v) is 16.5. The molecule has 2 rings (SSSR count). The van der Waals surface area contributed by atoms with Crippen LogP contribution in [0, 0.1) is 0 Å². The van der Waals surface area contributed by atoms with Gasteiger partial charge in [-0.15, -0.1) is 0 Å². The largest absolute Gasteiger partial charge is 0.478 e. The number of aliphatic carboxylic acids is 1. The summed E-state index contributed by atoms with van der Waals surface area (Å²) in [6, 6.07) is 4.56. The summed E-state index contributed by atoms with van der Waals surface area (Å²) in [5.41, 5.74) is 2.50. The van der Waals surface area contributed by atoms with Gasteiger partial charge in [0, 0.05) is 29.4 Å². The van der Waals surface area contributed by atoms with Gasteiger partial charge in [0.2, 0.25) is 5.76 Å². The lowest BCUT2D eigenvalue weighted by Crippen LogP contribution is -2.13. The minimum absolute atomic E-state index is 0.133. The van der Waals surface area contributed by atoms with Crippen molar-refractivity contribution < 1.29 is 23.8 Å². The number of carboxylic acids is 1. The van der Waals surface area contributed by atoms with E-state index in [0.717, 1.165) is 23.7 Å². The molecule has 0 aliphatic heterocycles. The lowest BCUT2D eigenvalue weighted by Gasteiger charge is -2.15. The van der Waals surface area contributed by atoms with Gasteiger partial charge in [-0.1, -0.05) is 13.3 Å². The van der Waals surface area contributed by atoms with E-state index in [0.29, 0.717) is 29.5 Å². The van der Waals surface area contributed by atoms with E-state index < -0.39 is 11.9 Å². The number of hydrogen-bond donors (Lipinski definition) is 2. The number of rotatable bonds is 8. The molecular formula is C21H25NO6. The summed E-state index contributed by atoms with van der Waals surface area (Å²) in [7, 11) is 0. The van der Waals surface area contributed by atoms with Crippen LogP contribution in [-0.4, -0.2) is 30.2 Å². The molecule has 7 nitrogen and oxygen atoms in total. The van der Waals surface area contributed by atoms with Crippen LogP contribution in [0.4, 0.5) is 5.69 Å². The molecule has 1 aromatic heterocycles. The van der Waals surface area contributed by atoms with E-state index >= 15 is 0 Å². The first kappa shape index (κ1) is 21.2. The molecule has 0 saturated heterocycles. The third-order valence-electron chi connectivity index (χ3n) is 4.48. The molecule has 0 aliphatic rings. The van der Waals surface area contributed by atoms with Crippen molar-refractivity contribution in [1.29, 1.82) is 0 Å². The molecule has 0 unspecified atom stereocenters. The van der Waals surface area contributed by atoms with Crippen LogP contribution in [0.25, 0.3) is 11.0 Å². The van der Waals surface area contributed by atoms with E-state index in [9.17, 15) is 14.4 Å². The quantitative estimate of drug-likeness (QED) is 0.525. The van der Waals surface area contributed by atoms with Crippen LogP contribution in [0.3, 0.4) is 0 Å². The van der Waals surface area contributed by atoms with Crippen LogP contribution in [0.5, 0.6) is 0 Å². The number of carbonyl (C=O) groups excluding carboxylic acids is 1. The van der Waals surface area contributed by atoms with Crippen molar-refractivity contribution >= 4 is 28.6 Å². The maximum Gasteiger partial charge on any atom is 0.374 e. The highest BCUT2D eigenvalue weighted by molar-refractivity contribution is 5.91. The zero-order chi connectivity index (χ0) is 20.8. The molecule has 2 N–H and O–H groups in total. The molecule has 0 aliphatic carbocycles. The standard InChI is InChI=1S/C21H25NO6/c1-5-7-14-16(22-11-12(3)13(4)20(24)25)9-8-15-17(23)10-18(28-19(14)15)21(26)27-6-2/h8-10,22H,5-7,11H2,1-4H3,(H,24,25). The SMILES string of the molecule is CCCc1c(NCC(C)=C(C)C(=O)O)ccc2c(=O)cc(C(=O)OCC)oc12. The highest BCUT2D eigenvalue weighted by Crippen LogP contribution is 2.27. The number of carbonyl (C=O) groups is 2. The summed E-state index contributed by atoms with van der Waals surface area (Å²) in [4.78, 5) is 35.6. The highest BCUT2D eigenvalue weighted by atomic mass is 16.5. The number of hydrogen-bond acceptors (Lipinski definition) is 6. The number of esters is 1. The Morgan fingerprint density at radius 1 is 1.21 bits per heavy atom. The number of aryl methyl sites for hydroxylation is 1. The number of fused-ring (bicyclic) bond motifs is 1. The van der Waals surface area contributed by atoms with Gasteiger partial charge < -0.3 is 19.6 Å². The van der Waals surface area contributed by atoms with Gasteiger partial charge in [-0.25, -0.2) is 9.59 Å². The van der Waals surface area contributed by atoms with Crippen molar-refractivity contribution in [3.8, 4) is 0 Å². The fraction of sp³-hybridized carbons (Fsp3) is 0.381. The predicted octanol–water partition coefficient (Wildman–Crippen LogP) is 3.76. The third kappa shape index (κ3) is 4.60. The van der Waals surface area contributed by atoms with Gasteiger partial charge >= 0.3 is 11.9 Å². The minimum atomic E-state index is -0.961. The van der Waals surface area contributed by atoms with Gasteiger partial charge in [-0.3, -0.25) is 4.79 Å². The van der Waals surface area contributed by atoms with E-state index in [1.54, 1.807) is 32.9 Å². The Morgan fingerprint density at radius 2 is 1.93 bits per heavy atom. The molecule has 1 aromatic carbocycles. The van der Waals surface area contributed by atoms with Crippen LogP contribution in [0.15, 0.2) is 38.6 Å². The first-order valence-electron chi connectivity index (χ1n) is 9.20. The Balaban J connectivity index is 2.54. The van der Waals surface area contributed by atoms with Crippen LogP contribution >= 0.6 is 0 Å². The summed E-state index contributed by atoms with van der Waals surface area (Å²) in [6.07, 6.45) is 1.42. The second-order valence-electron chi connectivity index (χ2n) is 6.48. The van der Waals surface area contributed by atoms with Crippen LogP contribution < -0.4 is 10.7 Å². The molecule has 0 atom stereocenters. The van der Waals surface area contributed by atoms with Crippen molar-refractivity contribution in [3.05, 3.63) is 50.9 Å². The van der Waals surface area contributed by atoms with Crippen LogP contribution in [-0.2, 0) is 16.0 Å². The van der Waals surface area contributed by atoms with E-state index in [-0.39, 0.29) is 23.4 Å². The van der Waals surface area contributed by atoms with E-state index in [4.69, 9.17) is 14.3 Å². The maximum atomic E-state index is 12.4. The topological polar surface area (TPSA) is 106 Å². The molecule has 1 heterocycles. The summed E-state index contributed by atoms with van der Waals surface area (Å²) >= 11 is 0. The predicted molar refractivity (Wildman–Crippen MR) is 107 cm³/mol. The number of ether oxygens (including phenoxy) is 1. The molecule has 150 valence electrons. The van der Waals surface area contributed by atoms with Crippen LogP contribution in [0.1, 0.15) is 50.2 Å². The Hall–Kier alpha value is -3.09. The number of carboxylic acid groups (broad SMARTS) is 1. The summed E-state index contributed by atoms with van der Waals surface area (Å²) in [6.45, 7) is 7.49. The minimum Gasteiger partial charge on any atom is -0.478 e. The molecule has 2 aromatic rings. The monoisotopic (exact) mass is 387 g/mol. The molecule has 0 spiro atoms. The zero-order valence-electron chi connectivity index (χ0n) is 16.5. The van der Waals surface area contributed by atoms with Crippen molar-refractivity contribution in [2.75, 3.05) is 18.5 Å². The Labute approximate surface area is 163 Å². The van der Waals surface area contributed by atoms with Crippen molar-refractivity contribution in [2.24, 2.45) is 0 Å². The van der Waals surface area contributed by atoms with Gasteiger partial charge in [0.1, 0.15) is 5.58 Å². The Bertz CT molecular complexity index is 986. The molecule has 0 bridgehead atoms. The van der Waals surface area contributed by atoms with Crippen molar-refractivity contribution in [1.82, 2.24) is 0 Å². The molecular weight excluding hydrogens is 362 g/mol. The summed E-state index contributed by atoms with van der Waals surface area (Å²) < 4.78 is 10.7. The first-order valence-corrected chi connectivity index (χ1v) is 9.20.